The van der Waals surface area contributed by atoms with Crippen LogP contribution in [0.1, 0.15) is 15.9 Å². The summed E-state index contributed by atoms with van der Waals surface area (Å²) in [6.07, 6.45) is 3.05. The number of carbonyl (C=O) groups is 1. The number of aromatic hydroxyl groups is 1. The molecule has 132 valence electrons. The monoisotopic (exact) mass is 348 g/mol. The average Bonchev–Trinajstić information content (AvgIpc) is 2.64. The highest BCUT2D eigenvalue weighted by Gasteiger charge is 2.29. The maximum absolute atomic E-state index is 12.7. The van der Waals surface area contributed by atoms with Gasteiger partial charge in [0, 0.05) is 17.0 Å². The Labute approximate surface area is 151 Å². The van der Waals surface area contributed by atoms with Crippen molar-refractivity contribution in [3.05, 3.63) is 78.5 Å². The summed E-state index contributed by atoms with van der Waals surface area (Å²) >= 11 is 0. The van der Waals surface area contributed by atoms with Gasteiger partial charge in [-0.25, -0.2) is 0 Å². The molecule has 0 aliphatic heterocycles. The van der Waals surface area contributed by atoms with Crippen LogP contribution >= 0.6 is 0 Å². The number of phenols is 1. The van der Waals surface area contributed by atoms with E-state index in [2.05, 4.69) is 23.5 Å². The lowest BCUT2D eigenvalue weighted by Crippen LogP contribution is -2.39. The highest BCUT2D eigenvalue weighted by atomic mass is 16.3. The van der Waals surface area contributed by atoms with Crippen LogP contribution in [-0.2, 0) is 0 Å². The highest BCUT2D eigenvalue weighted by Crippen LogP contribution is 2.36. The molecule has 2 aromatic rings. The molecule has 1 aliphatic carbocycles. The summed E-state index contributed by atoms with van der Waals surface area (Å²) in [4.78, 5) is 17.1. The Kier molecular flexibility index (Phi) is 4.71. The van der Waals surface area contributed by atoms with Gasteiger partial charge in [0.2, 0.25) is 0 Å². The number of hydrogen-bond acceptors (Lipinski definition) is 6. The van der Waals surface area contributed by atoms with Crippen molar-refractivity contribution >= 4 is 22.3 Å². The van der Waals surface area contributed by atoms with Crippen LogP contribution in [0.5, 0.6) is 5.75 Å². The number of allylic oxidation sites excluding steroid dienone is 2. The summed E-state index contributed by atoms with van der Waals surface area (Å²) in [5.74, 6) is -0.285. The van der Waals surface area contributed by atoms with Gasteiger partial charge in [-0.3, -0.25) is 9.79 Å². The fourth-order valence-corrected chi connectivity index (χ4v) is 2.86. The number of ketones is 1. The molecule has 1 aliphatic rings. The second-order valence-electron chi connectivity index (χ2n) is 5.90. The Balaban J connectivity index is 2.29. The number of nitrogens with two attached hydrogens (primary N) is 2. The first kappa shape index (κ1) is 17.6. The van der Waals surface area contributed by atoms with E-state index in [0.29, 0.717) is 27.9 Å². The Hall–Kier alpha value is -3.22. The molecule has 6 heteroatoms. The summed E-state index contributed by atoms with van der Waals surface area (Å²) in [6, 6.07) is 9.01. The normalized spacial score (nSPS) is 17.4. The van der Waals surface area contributed by atoms with Gasteiger partial charge in [-0.05, 0) is 11.5 Å². The van der Waals surface area contributed by atoms with E-state index in [1.165, 1.54) is 18.2 Å². The Morgan fingerprint density at radius 3 is 2.62 bits per heavy atom. The standard InChI is InChI=1S/C20H20N4O2/c1-3-16(21)23-14-10-15(25)13-9-11-7-5-6-8-12(11)20(26)18(13)19(14)24-17(22)4-2/h3-10,16-17,23,26H,1-2,21-22H2. The Morgan fingerprint density at radius 2 is 1.92 bits per heavy atom. The summed E-state index contributed by atoms with van der Waals surface area (Å²) in [6.45, 7) is 7.25. The van der Waals surface area contributed by atoms with Crippen molar-refractivity contribution in [2.24, 2.45) is 16.5 Å². The molecule has 0 fully saturated rings. The fraction of sp³-hybridized carbons (Fsp3) is 0.100. The molecule has 0 saturated heterocycles. The van der Waals surface area contributed by atoms with Gasteiger partial charge in [-0.1, -0.05) is 49.6 Å². The molecule has 2 atom stereocenters. The van der Waals surface area contributed by atoms with Gasteiger partial charge < -0.3 is 21.9 Å². The van der Waals surface area contributed by atoms with Gasteiger partial charge in [0.25, 0.3) is 0 Å². The van der Waals surface area contributed by atoms with Gasteiger partial charge in [0.05, 0.1) is 23.1 Å². The van der Waals surface area contributed by atoms with Crippen LogP contribution in [-0.4, -0.2) is 28.9 Å². The van der Waals surface area contributed by atoms with Gasteiger partial charge in [0.1, 0.15) is 11.9 Å². The van der Waals surface area contributed by atoms with E-state index < -0.39 is 12.3 Å². The second kappa shape index (κ2) is 6.95. The molecule has 26 heavy (non-hydrogen) atoms. The first-order valence-corrected chi connectivity index (χ1v) is 8.08. The minimum Gasteiger partial charge on any atom is -0.507 e. The van der Waals surface area contributed by atoms with E-state index in [4.69, 9.17) is 11.5 Å². The van der Waals surface area contributed by atoms with E-state index in [0.717, 1.165) is 5.39 Å². The molecule has 0 saturated carbocycles. The number of benzene rings is 2. The van der Waals surface area contributed by atoms with Crippen molar-refractivity contribution in [2.75, 3.05) is 0 Å². The maximum Gasteiger partial charge on any atom is 0.188 e. The van der Waals surface area contributed by atoms with Crippen LogP contribution in [0.3, 0.4) is 0 Å². The molecule has 0 aromatic heterocycles. The fourth-order valence-electron chi connectivity index (χ4n) is 2.86. The van der Waals surface area contributed by atoms with Crippen molar-refractivity contribution < 1.29 is 9.90 Å². The van der Waals surface area contributed by atoms with Crippen LogP contribution in [0.15, 0.2) is 72.4 Å². The van der Waals surface area contributed by atoms with Crippen LogP contribution < -0.4 is 16.8 Å². The molecule has 2 aromatic carbocycles. The lowest BCUT2D eigenvalue weighted by atomic mass is 9.88. The molecule has 2 unspecified atom stereocenters. The second-order valence-corrected chi connectivity index (χ2v) is 5.90. The largest absolute Gasteiger partial charge is 0.507 e. The van der Waals surface area contributed by atoms with Crippen molar-refractivity contribution in [1.29, 1.82) is 0 Å². The number of hydrogen-bond donors (Lipinski definition) is 4. The lowest BCUT2D eigenvalue weighted by Gasteiger charge is -2.24. The van der Waals surface area contributed by atoms with E-state index in [-0.39, 0.29) is 11.5 Å². The van der Waals surface area contributed by atoms with Gasteiger partial charge >= 0.3 is 0 Å². The third-order valence-corrected chi connectivity index (χ3v) is 4.15. The van der Waals surface area contributed by atoms with E-state index >= 15 is 0 Å². The number of phenolic OH excluding ortho intramolecular Hbond substituents is 1. The SMILES string of the molecule is C=CC(N)N=C1C(NC(N)C=C)=CC(=O)c2cc3ccccc3c(O)c21. The van der Waals surface area contributed by atoms with Crippen molar-refractivity contribution in [2.45, 2.75) is 12.3 Å². The molecule has 6 N–H and O–H groups in total. The summed E-state index contributed by atoms with van der Waals surface area (Å²) < 4.78 is 0. The van der Waals surface area contributed by atoms with Crippen molar-refractivity contribution in [3.63, 3.8) is 0 Å². The maximum atomic E-state index is 12.7. The molecule has 0 bridgehead atoms. The molecule has 6 nitrogen and oxygen atoms in total. The zero-order chi connectivity index (χ0) is 18.8. The summed E-state index contributed by atoms with van der Waals surface area (Å²) in [5.41, 5.74) is 13.2. The molecular formula is C20H20N4O2. The van der Waals surface area contributed by atoms with Crippen LogP contribution in [0.4, 0.5) is 0 Å². The average molecular weight is 348 g/mol. The van der Waals surface area contributed by atoms with Gasteiger partial charge in [0.15, 0.2) is 5.78 Å². The minimum absolute atomic E-state index is 0.0268. The highest BCUT2D eigenvalue weighted by molar-refractivity contribution is 6.29. The predicted octanol–water partition coefficient (Wildman–Crippen LogP) is 1.95. The molecule has 3 rings (SSSR count). The van der Waals surface area contributed by atoms with Crippen molar-refractivity contribution in [3.8, 4) is 5.75 Å². The van der Waals surface area contributed by atoms with Crippen LogP contribution in [0.25, 0.3) is 10.8 Å². The molecule has 0 amide bonds. The number of carbonyl (C=O) groups excluding carboxylic acids is 1. The number of aliphatic imine (C=N–C) groups is 1. The summed E-state index contributed by atoms with van der Waals surface area (Å²) in [5, 5.41) is 15.2. The zero-order valence-electron chi connectivity index (χ0n) is 14.1. The molecular weight excluding hydrogens is 328 g/mol. The third kappa shape index (κ3) is 3.03. The zero-order valence-corrected chi connectivity index (χ0v) is 14.1. The number of rotatable bonds is 5. The molecule has 0 spiro atoms. The first-order valence-electron chi connectivity index (χ1n) is 8.08. The van der Waals surface area contributed by atoms with Crippen molar-refractivity contribution in [1.82, 2.24) is 5.32 Å². The quantitative estimate of drug-likeness (QED) is 0.487. The topological polar surface area (TPSA) is 114 Å². The van der Waals surface area contributed by atoms with E-state index in [1.54, 1.807) is 12.1 Å². The first-order chi connectivity index (χ1) is 12.5. The minimum atomic E-state index is -0.706. The summed E-state index contributed by atoms with van der Waals surface area (Å²) in [7, 11) is 0. The number of nitrogens with one attached hydrogen (secondary N) is 1. The Bertz CT molecular complexity index is 975. The lowest BCUT2D eigenvalue weighted by molar-refractivity contribution is 0.104. The van der Waals surface area contributed by atoms with Gasteiger partial charge in [-0.15, -0.1) is 0 Å². The number of fused-ring (bicyclic) bond motifs is 2. The molecule has 0 heterocycles. The van der Waals surface area contributed by atoms with E-state index in [9.17, 15) is 9.90 Å². The Morgan fingerprint density at radius 1 is 1.19 bits per heavy atom. The number of nitrogens with zero attached hydrogens (tertiary/aromatic N) is 1. The predicted molar refractivity (Wildman–Crippen MR) is 104 cm³/mol. The third-order valence-electron chi connectivity index (χ3n) is 4.15. The van der Waals surface area contributed by atoms with E-state index in [1.807, 2.05) is 18.2 Å². The van der Waals surface area contributed by atoms with Crippen LogP contribution in [0, 0.1) is 0 Å². The smallest absolute Gasteiger partial charge is 0.188 e. The van der Waals surface area contributed by atoms with Gasteiger partial charge in [-0.2, -0.15) is 0 Å². The van der Waals surface area contributed by atoms with Crippen LogP contribution in [0.2, 0.25) is 0 Å². The molecule has 0 radical (unpaired) electrons.